The maximum atomic E-state index is 4.99. The van der Waals surface area contributed by atoms with E-state index in [4.69, 9.17) is 9.98 Å². The first-order valence-corrected chi connectivity index (χ1v) is 19.4. The number of nitrogens with zero attached hydrogens (tertiary/aromatic N) is 3. The van der Waals surface area contributed by atoms with Crippen LogP contribution in [0, 0.1) is 0 Å². The molecule has 0 saturated carbocycles. The first-order valence-electron chi connectivity index (χ1n) is 19.4. The molecule has 6 aromatic rings. The standard InChI is InChI=1S/C49H45N3.C2H6/c1-4-49(5-2,44-32-28-37(29-33-44)41-22-14-23-42(34-41)46-25-15-21-38-16-12-13-24-45(38)46)43-30-26-36(27-31-43)35-51-48(40-19-10-7-11-20-40)52-47(50-3)39-17-8-6-9-18-39;1-2/h6-24,26-34,46H,3-5,25,35H2,1-2H3;1-2H3. The number of benzene rings is 6. The number of rotatable bonds is 10. The van der Waals surface area contributed by atoms with E-state index in [-0.39, 0.29) is 5.41 Å². The highest BCUT2D eigenvalue weighted by atomic mass is 15.0. The number of amidine groups is 2. The molecule has 7 rings (SSSR count). The van der Waals surface area contributed by atoms with E-state index >= 15 is 0 Å². The lowest BCUT2D eigenvalue weighted by molar-refractivity contribution is 0.478. The summed E-state index contributed by atoms with van der Waals surface area (Å²) < 4.78 is 0. The molecular formula is C51H51N3. The second-order valence-corrected chi connectivity index (χ2v) is 13.5. The molecule has 270 valence electrons. The van der Waals surface area contributed by atoms with Crippen LogP contribution in [0.25, 0.3) is 17.2 Å². The molecule has 0 saturated heterocycles. The molecule has 0 fully saturated rings. The molecular weight excluding hydrogens is 655 g/mol. The van der Waals surface area contributed by atoms with E-state index in [1.54, 1.807) is 0 Å². The van der Waals surface area contributed by atoms with Crippen LogP contribution in [0.3, 0.4) is 0 Å². The van der Waals surface area contributed by atoms with E-state index in [9.17, 15) is 0 Å². The second kappa shape index (κ2) is 18.2. The van der Waals surface area contributed by atoms with Crippen molar-refractivity contribution in [3.63, 3.8) is 0 Å². The van der Waals surface area contributed by atoms with Gasteiger partial charge in [0, 0.05) is 22.5 Å². The van der Waals surface area contributed by atoms with Gasteiger partial charge in [0.05, 0.1) is 6.54 Å². The van der Waals surface area contributed by atoms with Crippen molar-refractivity contribution >= 4 is 24.5 Å². The summed E-state index contributed by atoms with van der Waals surface area (Å²) in [5.74, 6) is 1.58. The fraction of sp³-hybridized carbons (Fsp3) is 0.196. The molecule has 0 aromatic heterocycles. The Morgan fingerprint density at radius 3 is 1.85 bits per heavy atom. The lowest BCUT2D eigenvalue weighted by Crippen LogP contribution is -2.26. The van der Waals surface area contributed by atoms with Crippen LogP contribution in [0.15, 0.2) is 179 Å². The fourth-order valence-electron chi connectivity index (χ4n) is 7.66. The van der Waals surface area contributed by atoms with Gasteiger partial charge >= 0.3 is 0 Å². The normalized spacial score (nSPS) is 14.1. The van der Waals surface area contributed by atoms with Crippen LogP contribution >= 0.6 is 0 Å². The van der Waals surface area contributed by atoms with Crippen LogP contribution in [0.5, 0.6) is 0 Å². The maximum Gasteiger partial charge on any atom is 0.161 e. The van der Waals surface area contributed by atoms with E-state index in [0.717, 1.165) is 36.0 Å². The molecule has 1 unspecified atom stereocenters. The van der Waals surface area contributed by atoms with Gasteiger partial charge in [-0.2, -0.15) is 0 Å². The SMILES string of the molecule is C=NC(=NC(=NCc1ccc(C(CC)(CC)c2ccc(-c3cccc(C4CC=Cc5ccccc54)c3)cc2)cc1)c1ccccc1)c1ccccc1.CC. The van der Waals surface area contributed by atoms with Crippen LogP contribution in [-0.4, -0.2) is 18.4 Å². The number of fused-ring (bicyclic) bond motifs is 1. The van der Waals surface area contributed by atoms with Gasteiger partial charge in [-0.05, 0) is 70.5 Å². The van der Waals surface area contributed by atoms with Crippen molar-refractivity contribution in [3.05, 3.63) is 208 Å². The van der Waals surface area contributed by atoms with Crippen LogP contribution in [0.2, 0.25) is 0 Å². The molecule has 0 heterocycles. The molecule has 0 bridgehead atoms. The average molecular weight is 706 g/mol. The minimum atomic E-state index is -0.0833. The smallest absolute Gasteiger partial charge is 0.161 e. The van der Waals surface area contributed by atoms with E-state index < -0.39 is 0 Å². The molecule has 1 atom stereocenters. The Labute approximate surface area is 322 Å². The van der Waals surface area contributed by atoms with Crippen LogP contribution in [0.1, 0.15) is 97.4 Å². The maximum absolute atomic E-state index is 4.99. The van der Waals surface area contributed by atoms with E-state index in [0.29, 0.717) is 24.1 Å². The van der Waals surface area contributed by atoms with Crippen molar-refractivity contribution in [1.29, 1.82) is 0 Å². The Balaban J connectivity index is 0.00000245. The molecule has 3 nitrogen and oxygen atoms in total. The molecule has 0 spiro atoms. The summed E-state index contributed by atoms with van der Waals surface area (Å²) in [5, 5.41) is 0. The first-order chi connectivity index (χ1) is 26.6. The van der Waals surface area contributed by atoms with Crippen LogP contribution in [0.4, 0.5) is 0 Å². The fourth-order valence-corrected chi connectivity index (χ4v) is 7.66. The van der Waals surface area contributed by atoms with E-state index in [2.05, 4.69) is 135 Å². The summed E-state index contributed by atoms with van der Waals surface area (Å²) >= 11 is 0. The molecule has 0 aliphatic heterocycles. The number of hydrogen-bond acceptors (Lipinski definition) is 1. The van der Waals surface area contributed by atoms with Gasteiger partial charge in [0.15, 0.2) is 11.7 Å². The third kappa shape index (κ3) is 8.32. The Bertz CT molecular complexity index is 2210. The van der Waals surface area contributed by atoms with Gasteiger partial charge in [0.2, 0.25) is 0 Å². The van der Waals surface area contributed by atoms with Crippen molar-refractivity contribution < 1.29 is 0 Å². The number of allylic oxidation sites excluding steroid dienone is 1. The quantitative estimate of drug-likeness (QED) is 0.101. The van der Waals surface area contributed by atoms with Gasteiger partial charge in [0.25, 0.3) is 0 Å². The second-order valence-electron chi connectivity index (χ2n) is 13.5. The summed E-state index contributed by atoms with van der Waals surface area (Å²) in [7, 11) is 0. The zero-order chi connectivity index (χ0) is 37.8. The predicted octanol–water partition coefficient (Wildman–Crippen LogP) is 13.1. The third-order valence-electron chi connectivity index (χ3n) is 10.7. The van der Waals surface area contributed by atoms with Crippen molar-refractivity contribution in [2.24, 2.45) is 15.0 Å². The topological polar surface area (TPSA) is 37.1 Å². The van der Waals surface area contributed by atoms with E-state index in [1.807, 2.05) is 74.5 Å². The van der Waals surface area contributed by atoms with Crippen molar-refractivity contribution in [2.75, 3.05) is 0 Å². The largest absolute Gasteiger partial charge is 0.261 e. The minimum absolute atomic E-state index is 0.0833. The van der Waals surface area contributed by atoms with E-state index in [1.165, 1.54) is 38.9 Å². The van der Waals surface area contributed by atoms with Gasteiger partial charge in [-0.1, -0.05) is 198 Å². The summed E-state index contributed by atoms with van der Waals surface area (Å²) in [6, 6.07) is 56.2. The van der Waals surface area contributed by atoms with Crippen molar-refractivity contribution in [2.45, 2.75) is 64.8 Å². The minimum Gasteiger partial charge on any atom is -0.261 e. The summed E-state index contributed by atoms with van der Waals surface area (Å²) in [6.07, 6.45) is 7.61. The molecule has 1 aliphatic carbocycles. The molecule has 6 aromatic carbocycles. The van der Waals surface area contributed by atoms with Gasteiger partial charge < -0.3 is 0 Å². The Morgan fingerprint density at radius 2 is 1.22 bits per heavy atom. The Morgan fingerprint density at radius 1 is 0.630 bits per heavy atom. The van der Waals surface area contributed by atoms with Crippen LogP contribution < -0.4 is 0 Å². The lowest BCUT2D eigenvalue weighted by Gasteiger charge is -2.33. The highest BCUT2D eigenvalue weighted by Crippen LogP contribution is 2.41. The first kappa shape index (κ1) is 37.8. The van der Waals surface area contributed by atoms with Gasteiger partial charge in [-0.3, -0.25) is 4.99 Å². The Kier molecular flexibility index (Phi) is 12.8. The summed E-state index contributed by atoms with van der Waals surface area (Å²) in [4.78, 5) is 14.1. The van der Waals surface area contributed by atoms with Gasteiger partial charge in [-0.15, -0.1) is 0 Å². The number of hydrogen-bond donors (Lipinski definition) is 0. The molecule has 54 heavy (non-hydrogen) atoms. The van der Waals surface area contributed by atoms with Crippen LogP contribution in [-0.2, 0) is 12.0 Å². The third-order valence-corrected chi connectivity index (χ3v) is 10.7. The summed E-state index contributed by atoms with van der Waals surface area (Å²) in [5.41, 5.74) is 12.2. The lowest BCUT2D eigenvalue weighted by atomic mass is 9.70. The van der Waals surface area contributed by atoms with Crippen molar-refractivity contribution in [3.8, 4) is 11.1 Å². The average Bonchev–Trinajstić information content (AvgIpc) is 3.26. The highest BCUT2D eigenvalue weighted by Gasteiger charge is 2.30. The zero-order valence-electron chi connectivity index (χ0n) is 32.1. The monoisotopic (exact) mass is 705 g/mol. The van der Waals surface area contributed by atoms with Crippen molar-refractivity contribution in [1.82, 2.24) is 0 Å². The molecule has 0 N–H and O–H groups in total. The molecule has 0 radical (unpaired) electrons. The predicted molar refractivity (Wildman–Crippen MR) is 232 cm³/mol. The summed E-state index contributed by atoms with van der Waals surface area (Å²) in [6.45, 7) is 12.9. The van der Waals surface area contributed by atoms with Gasteiger partial charge in [-0.25, -0.2) is 9.98 Å². The van der Waals surface area contributed by atoms with Gasteiger partial charge in [0.1, 0.15) is 0 Å². The highest BCUT2D eigenvalue weighted by molar-refractivity contribution is 6.12. The molecule has 0 amide bonds. The zero-order valence-corrected chi connectivity index (χ0v) is 32.1. The Hall–Kier alpha value is -5.93. The number of aliphatic imine (C=N–C) groups is 3. The molecule has 1 aliphatic rings. The molecule has 3 heteroatoms.